The molecule has 0 aromatic carbocycles. The van der Waals surface area contributed by atoms with Gasteiger partial charge in [0.25, 0.3) is 0 Å². The van der Waals surface area contributed by atoms with Crippen LogP contribution in [0.1, 0.15) is 169 Å². The molecule has 4 aliphatic carbocycles. The molecule has 0 spiro atoms. The van der Waals surface area contributed by atoms with E-state index in [9.17, 15) is 43.8 Å². The molecule has 0 aromatic rings. The molecule has 0 radical (unpaired) electrons. The summed E-state index contributed by atoms with van der Waals surface area (Å²) in [6.45, 7) is 44.5. The van der Waals surface area contributed by atoms with Crippen molar-refractivity contribution >= 4 is 41.9 Å². The molecular weight excluding hydrogens is 897 g/mol. The first-order valence-electron chi connectivity index (χ1n) is 24.5. The van der Waals surface area contributed by atoms with Gasteiger partial charge >= 0.3 is 29.8 Å². The minimum Gasteiger partial charge on any atom is -0.466 e. The zero-order chi connectivity index (χ0) is 54.7. The quantitative estimate of drug-likeness (QED) is 0.0535. The Morgan fingerprint density at radius 3 is 1.30 bits per heavy atom. The number of ether oxygens (including phenoxy) is 5. The van der Waals surface area contributed by atoms with Gasteiger partial charge in [0.1, 0.15) is 34.8 Å². The van der Waals surface area contributed by atoms with Crippen molar-refractivity contribution in [3.8, 4) is 0 Å². The van der Waals surface area contributed by atoms with Crippen LogP contribution in [0.3, 0.4) is 0 Å². The average molecular weight is 987 g/mol. The van der Waals surface area contributed by atoms with Crippen molar-refractivity contribution in [2.75, 3.05) is 13.2 Å². The lowest BCUT2D eigenvalue weighted by molar-refractivity contribution is -0.163. The number of ketones is 1. The number of aldehydes is 1. The van der Waals surface area contributed by atoms with Gasteiger partial charge < -0.3 is 38.7 Å². The van der Waals surface area contributed by atoms with Crippen LogP contribution in [0.2, 0.25) is 0 Å². The van der Waals surface area contributed by atoms with Gasteiger partial charge in [0.15, 0.2) is 5.78 Å². The second-order valence-electron chi connectivity index (χ2n) is 24.8. The summed E-state index contributed by atoms with van der Waals surface area (Å²) in [5.41, 5.74) is -4.51. The van der Waals surface area contributed by atoms with Crippen molar-refractivity contribution in [1.82, 2.24) is 0 Å². The zero-order valence-electron chi connectivity index (χ0n) is 45.7. The van der Waals surface area contributed by atoms with Crippen LogP contribution in [0.25, 0.3) is 0 Å². The fourth-order valence-corrected chi connectivity index (χ4v) is 8.45. The normalized spacial score (nSPS) is 27.7. The molecule has 2 N–H and O–H groups in total. The fraction of sp³-hybridized carbons (Fsp3) is 0.732. The van der Waals surface area contributed by atoms with Crippen LogP contribution >= 0.6 is 0 Å². The van der Waals surface area contributed by atoms with Crippen molar-refractivity contribution in [2.45, 2.75) is 197 Å². The highest BCUT2D eigenvalue weighted by Gasteiger charge is 2.62. The van der Waals surface area contributed by atoms with Crippen LogP contribution in [0.4, 0.5) is 0 Å². The molecule has 4 saturated carbocycles. The minimum atomic E-state index is -1.14. The topological polar surface area (TPSA) is 206 Å². The van der Waals surface area contributed by atoms with Crippen molar-refractivity contribution in [2.24, 2.45) is 50.7 Å². The highest BCUT2D eigenvalue weighted by molar-refractivity contribution is 5.87. The van der Waals surface area contributed by atoms with E-state index < -0.39 is 44.8 Å². The molecule has 0 heterocycles. The Morgan fingerprint density at radius 2 is 0.986 bits per heavy atom. The van der Waals surface area contributed by atoms with Crippen LogP contribution < -0.4 is 0 Å². The third-order valence-electron chi connectivity index (χ3n) is 12.3. The molecule has 0 aliphatic heterocycles. The van der Waals surface area contributed by atoms with E-state index in [0.717, 1.165) is 19.1 Å². The van der Waals surface area contributed by atoms with Gasteiger partial charge in [-0.2, -0.15) is 0 Å². The predicted octanol–water partition coefficient (Wildman–Crippen LogP) is 9.76. The molecule has 0 saturated heterocycles. The second kappa shape index (κ2) is 24.3. The molecule has 9 atom stereocenters. The Balaban J connectivity index is 0.000000472. The molecule has 0 amide bonds. The Kier molecular flexibility index (Phi) is 22.1. The Hall–Kier alpha value is -4.43. The summed E-state index contributed by atoms with van der Waals surface area (Å²) in [6, 6.07) is 0. The number of hydrogen-bond donors (Lipinski definition) is 2. The predicted molar refractivity (Wildman–Crippen MR) is 270 cm³/mol. The number of carbonyl (C=O) groups is 7. The Labute approximate surface area is 419 Å². The van der Waals surface area contributed by atoms with Crippen LogP contribution in [-0.2, 0) is 57.2 Å². The molecule has 1 unspecified atom stereocenters. The van der Waals surface area contributed by atoms with Gasteiger partial charge in [0.2, 0.25) is 0 Å². The SMILES string of the molecule is C=C[C@@H]1C[C@@]1(C=O)CC(=O)OC(C)(C)C.C=C[C@@H]1C[C@@]1(CO)CC(=O)OC(C)(C)C.C=C[C@@H]1C[C@]1(CC(=O)OC(C)(C)C)C(=O)OCC.C=C[C@@H]1C[C@]1(CC(=O)OC(C)(C)C)C(O)C(=O)CC(C)(C)C. The third-order valence-corrected chi connectivity index (χ3v) is 12.3. The first-order chi connectivity index (χ1) is 31.7. The number of aliphatic hydroxyl groups excluding tert-OH is 2. The smallest absolute Gasteiger partial charge is 0.313 e. The summed E-state index contributed by atoms with van der Waals surface area (Å²) >= 11 is 0. The summed E-state index contributed by atoms with van der Waals surface area (Å²) in [4.78, 5) is 82.2. The van der Waals surface area contributed by atoms with Crippen molar-refractivity contribution < 1.29 is 67.5 Å². The summed E-state index contributed by atoms with van der Waals surface area (Å²) in [6.07, 6.45) is 10.4. The van der Waals surface area contributed by atoms with Crippen molar-refractivity contribution in [1.29, 1.82) is 0 Å². The number of Topliss-reactive ketones (excluding diaryl/α,β-unsaturated/α-hetero) is 1. The number of carbonyl (C=O) groups excluding carboxylic acids is 7. The molecule has 4 fully saturated rings. The average Bonchev–Trinajstić information content (AvgIpc) is 4.06. The maximum absolute atomic E-state index is 12.3. The number of aliphatic hydroxyl groups is 2. The maximum Gasteiger partial charge on any atom is 0.313 e. The van der Waals surface area contributed by atoms with Crippen LogP contribution in [-0.4, -0.2) is 93.9 Å². The molecule has 4 aliphatic rings. The van der Waals surface area contributed by atoms with Crippen LogP contribution in [0.15, 0.2) is 50.6 Å². The van der Waals surface area contributed by atoms with Gasteiger partial charge in [-0.05, 0) is 145 Å². The van der Waals surface area contributed by atoms with Gasteiger partial charge in [0, 0.05) is 29.3 Å². The van der Waals surface area contributed by atoms with E-state index in [1.807, 2.05) is 62.3 Å². The van der Waals surface area contributed by atoms with E-state index in [0.29, 0.717) is 19.4 Å². The summed E-state index contributed by atoms with van der Waals surface area (Å²) in [7, 11) is 0. The standard InChI is InChI=1S/C18H30O4.C14H22O4.C12H20O3.C12H18O3/c1-8-12-9-18(12,11-14(20)22-17(5,6)7)15(21)13(19)10-16(2,3)4;1-6-10-8-14(10,12(16)17-7-2)9-11(15)18-13(3,4)5;2*1-5-9-6-12(9,8-13)7-10(14)15-11(2,3)4/h8,12,15,21H,1,9-11H2,2-7H3;6,10H,1,7-9H2,2-5H3;5,9,13H,1,6-8H2,2-4H3;5,8-9H,1,6-7H2,2-4H3/t12-,15?,18-;10-,14-;2*9-,12+/m1111/s1. The van der Waals surface area contributed by atoms with E-state index in [2.05, 4.69) is 26.3 Å². The minimum absolute atomic E-state index is 0.0149. The molecule has 4 rings (SSSR count). The van der Waals surface area contributed by atoms with Gasteiger partial charge in [-0.3, -0.25) is 28.8 Å². The van der Waals surface area contributed by atoms with Gasteiger partial charge in [-0.25, -0.2) is 0 Å². The molecular formula is C56H90O14. The molecule has 398 valence electrons. The lowest BCUT2D eigenvalue weighted by Gasteiger charge is -2.27. The Bertz CT molecular complexity index is 1900. The van der Waals surface area contributed by atoms with Gasteiger partial charge in [-0.1, -0.05) is 45.1 Å². The van der Waals surface area contributed by atoms with Crippen LogP contribution in [0, 0.1) is 50.7 Å². The molecule has 14 heteroatoms. The van der Waals surface area contributed by atoms with E-state index >= 15 is 0 Å². The van der Waals surface area contributed by atoms with E-state index in [1.165, 1.54) is 0 Å². The monoisotopic (exact) mass is 987 g/mol. The number of hydrogen-bond acceptors (Lipinski definition) is 14. The Morgan fingerprint density at radius 1 is 0.571 bits per heavy atom. The number of rotatable bonds is 19. The van der Waals surface area contributed by atoms with Gasteiger partial charge in [-0.15, -0.1) is 26.3 Å². The largest absolute Gasteiger partial charge is 0.466 e. The molecule has 0 aromatic heterocycles. The maximum atomic E-state index is 12.3. The third kappa shape index (κ3) is 20.7. The molecule has 70 heavy (non-hydrogen) atoms. The van der Waals surface area contributed by atoms with Gasteiger partial charge in [0.05, 0.1) is 37.7 Å². The van der Waals surface area contributed by atoms with Crippen molar-refractivity contribution in [3.63, 3.8) is 0 Å². The first-order valence-corrected chi connectivity index (χ1v) is 24.5. The lowest BCUT2D eigenvalue weighted by atomic mass is 9.82. The summed E-state index contributed by atoms with van der Waals surface area (Å²) < 4.78 is 26.0. The zero-order valence-corrected chi connectivity index (χ0v) is 45.7. The fourth-order valence-electron chi connectivity index (χ4n) is 8.45. The van der Waals surface area contributed by atoms with E-state index in [-0.39, 0.29) is 109 Å². The summed E-state index contributed by atoms with van der Waals surface area (Å²) in [5, 5.41) is 19.8. The van der Waals surface area contributed by atoms with Crippen LogP contribution in [0.5, 0.6) is 0 Å². The highest BCUT2D eigenvalue weighted by Crippen LogP contribution is 2.60. The van der Waals surface area contributed by atoms with Crippen molar-refractivity contribution in [3.05, 3.63) is 50.6 Å². The second-order valence-corrected chi connectivity index (χ2v) is 24.8. The number of allylic oxidation sites excluding steroid dienone is 4. The molecule has 14 nitrogen and oxygen atoms in total. The summed E-state index contributed by atoms with van der Waals surface area (Å²) in [5.74, 6) is -1.40. The first kappa shape index (κ1) is 63.6. The van der Waals surface area contributed by atoms with E-state index in [4.69, 9.17) is 23.7 Å². The van der Waals surface area contributed by atoms with E-state index in [1.54, 1.807) is 72.8 Å². The molecule has 0 bridgehead atoms. The lowest BCUT2D eigenvalue weighted by Crippen LogP contribution is -2.37. The highest BCUT2D eigenvalue weighted by atomic mass is 16.6. The number of esters is 5.